The maximum absolute atomic E-state index is 13.7. The van der Waals surface area contributed by atoms with E-state index < -0.39 is 11.6 Å². The molecule has 0 saturated carbocycles. The van der Waals surface area contributed by atoms with Crippen LogP contribution in [0.2, 0.25) is 0 Å². The zero-order valence-electron chi connectivity index (χ0n) is 10.6. The van der Waals surface area contributed by atoms with Crippen LogP contribution in [0.1, 0.15) is 11.3 Å². The first-order valence-electron chi connectivity index (χ1n) is 5.89. The molecule has 0 fully saturated rings. The van der Waals surface area contributed by atoms with Gasteiger partial charge in [-0.15, -0.1) is 0 Å². The van der Waals surface area contributed by atoms with E-state index in [4.69, 9.17) is 10.5 Å². The maximum Gasteiger partial charge on any atom is 0.191 e. The molecule has 0 atom stereocenters. The Kier molecular flexibility index (Phi) is 4.11. The van der Waals surface area contributed by atoms with Gasteiger partial charge in [-0.3, -0.25) is 4.68 Å². The lowest BCUT2D eigenvalue weighted by Crippen LogP contribution is -2.06. The Bertz CT molecular complexity index is 546. The van der Waals surface area contributed by atoms with Crippen LogP contribution >= 0.6 is 0 Å². The zero-order valence-corrected chi connectivity index (χ0v) is 10.6. The number of hydrogen-bond acceptors (Lipinski definition) is 3. The van der Waals surface area contributed by atoms with E-state index in [0.717, 1.165) is 0 Å². The number of ether oxygens (including phenoxy) is 1. The number of hydrogen-bond donors (Lipinski definition) is 1. The Morgan fingerprint density at radius 2 is 2.00 bits per heavy atom. The van der Waals surface area contributed by atoms with E-state index in [2.05, 4.69) is 5.10 Å². The Balaban J connectivity index is 2.11. The van der Waals surface area contributed by atoms with Crippen molar-refractivity contribution in [2.24, 2.45) is 12.8 Å². The lowest BCUT2D eigenvalue weighted by Gasteiger charge is -2.09. The van der Waals surface area contributed by atoms with Gasteiger partial charge in [-0.25, -0.2) is 8.78 Å². The number of nitrogens with zero attached hydrogens (tertiary/aromatic N) is 2. The molecule has 0 amide bonds. The predicted octanol–water partition coefficient (Wildman–Crippen LogP) is 1.78. The summed E-state index contributed by atoms with van der Waals surface area (Å²) in [6, 6.07) is 4.20. The van der Waals surface area contributed by atoms with E-state index in [-0.39, 0.29) is 12.4 Å². The molecule has 2 aromatic rings. The topological polar surface area (TPSA) is 53.1 Å². The molecule has 1 aromatic heterocycles. The van der Waals surface area contributed by atoms with E-state index in [1.54, 1.807) is 24.0 Å². The average molecular weight is 267 g/mol. The third kappa shape index (κ3) is 3.29. The quantitative estimate of drug-likeness (QED) is 0.898. The Hall–Kier alpha value is -1.95. The highest BCUT2D eigenvalue weighted by atomic mass is 19.1. The number of aryl methyl sites for hydroxylation is 1. The van der Waals surface area contributed by atoms with Crippen molar-refractivity contribution in [3.05, 3.63) is 47.3 Å². The molecule has 2 rings (SSSR count). The van der Waals surface area contributed by atoms with Crippen LogP contribution in [0.4, 0.5) is 8.78 Å². The van der Waals surface area contributed by atoms with Crippen molar-refractivity contribution < 1.29 is 13.5 Å². The molecule has 0 bridgehead atoms. The first kappa shape index (κ1) is 13.5. The molecule has 19 heavy (non-hydrogen) atoms. The number of benzene rings is 1. The molecule has 0 aliphatic heterocycles. The van der Waals surface area contributed by atoms with Gasteiger partial charge in [-0.2, -0.15) is 5.10 Å². The van der Waals surface area contributed by atoms with Crippen molar-refractivity contribution >= 4 is 0 Å². The van der Waals surface area contributed by atoms with Gasteiger partial charge in [-0.1, -0.05) is 0 Å². The normalized spacial score (nSPS) is 10.7. The molecule has 2 N–H and O–H groups in total. The van der Waals surface area contributed by atoms with Crippen LogP contribution in [0.15, 0.2) is 24.4 Å². The number of halogens is 2. The van der Waals surface area contributed by atoms with Crippen LogP contribution in [-0.2, 0) is 20.1 Å². The van der Waals surface area contributed by atoms with Crippen molar-refractivity contribution in [1.82, 2.24) is 9.78 Å². The van der Waals surface area contributed by atoms with Gasteiger partial charge in [0.25, 0.3) is 0 Å². The van der Waals surface area contributed by atoms with E-state index in [1.165, 1.54) is 12.1 Å². The van der Waals surface area contributed by atoms with Crippen molar-refractivity contribution in [1.29, 1.82) is 0 Å². The highest BCUT2D eigenvalue weighted by Crippen LogP contribution is 2.24. The molecular weight excluding hydrogens is 252 g/mol. The summed E-state index contributed by atoms with van der Waals surface area (Å²) in [6.07, 6.45) is 2.16. The molecule has 0 radical (unpaired) electrons. The second kappa shape index (κ2) is 5.79. The minimum absolute atomic E-state index is 0.0188. The van der Waals surface area contributed by atoms with Crippen molar-refractivity contribution in [2.75, 3.05) is 6.54 Å². The fourth-order valence-electron chi connectivity index (χ4n) is 1.75. The van der Waals surface area contributed by atoms with Gasteiger partial charge in [0.15, 0.2) is 17.4 Å². The number of aromatic nitrogens is 2. The Morgan fingerprint density at radius 3 is 2.53 bits per heavy atom. The number of nitrogens with two attached hydrogens (primary N) is 1. The molecular formula is C13H15F2N3O. The van der Waals surface area contributed by atoms with Crippen LogP contribution in [-0.4, -0.2) is 16.3 Å². The van der Waals surface area contributed by atoms with Gasteiger partial charge >= 0.3 is 0 Å². The average Bonchev–Trinajstić information content (AvgIpc) is 2.74. The summed E-state index contributed by atoms with van der Waals surface area (Å²) in [4.78, 5) is 0. The van der Waals surface area contributed by atoms with Crippen LogP contribution in [0, 0.1) is 11.6 Å². The summed E-state index contributed by atoms with van der Waals surface area (Å²) >= 11 is 0. The molecule has 0 aliphatic carbocycles. The van der Waals surface area contributed by atoms with E-state index >= 15 is 0 Å². The maximum atomic E-state index is 13.7. The molecule has 1 heterocycles. The summed E-state index contributed by atoms with van der Waals surface area (Å²) < 4.78 is 34.2. The van der Waals surface area contributed by atoms with Gasteiger partial charge in [0, 0.05) is 13.2 Å². The van der Waals surface area contributed by atoms with Crippen LogP contribution < -0.4 is 10.5 Å². The van der Waals surface area contributed by atoms with Crippen LogP contribution in [0.3, 0.4) is 0 Å². The number of rotatable bonds is 5. The van der Waals surface area contributed by atoms with Gasteiger partial charge in [0.1, 0.15) is 6.61 Å². The van der Waals surface area contributed by atoms with Gasteiger partial charge in [0.05, 0.1) is 5.69 Å². The second-order valence-corrected chi connectivity index (χ2v) is 4.20. The predicted molar refractivity (Wildman–Crippen MR) is 66.7 cm³/mol. The minimum Gasteiger partial charge on any atom is -0.481 e. The molecule has 0 spiro atoms. The van der Waals surface area contributed by atoms with E-state index in [9.17, 15) is 8.78 Å². The summed E-state index contributed by atoms with van der Waals surface area (Å²) in [5.41, 5.74) is 6.47. The van der Waals surface area contributed by atoms with Crippen LogP contribution in [0.5, 0.6) is 5.75 Å². The molecule has 4 nitrogen and oxygen atoms in total. The lowest BCUT2D eigenvalue weighted by atomic mass is 10.1. The zero-order chi connectivity index (χ0) is 13.8. The first-order valence-corrected chi connectivity index (χ1v) is 5.89. The molecule has 102 valence electrons. The third-order valence-corrected chi connectivity index (χ3v) is 2.62. The summed E-state index contributed by atoms with van der Waals surface area (Å²) in [5, 5.41) is 4.06. The largest absolute Gasteiger partial charge is 0.481 e. The molecule has 0 aliphatic rings. The third-order valence-electron chi connectivity index (χ3n) is 2.62. The minimum atomic E-state index is -0.723. The standard InChI is InChI=1S/C13H15F2N3O/c1-18-5-3-10(17-18)8-19-13-11(14)6-9(2-4-16)7-12(13)15/h3,5-7H,2,4,8,16H2,1H3. The summed E-state index contributed by atoms with van der Waals surface area (Å²) in [6.45, 7) is 0.359. The smallest absolute Gasteiger partial charge is 0.191 e. The summed E-state index contributed by atoms with van der Waals surface area (Å²) in [7, 11) is 1.76. The van der Waals surface area contributed by atoms with E-state index in [0.29, 0.717) is 24.2 Å². The second-order valence-electron chi connectivity index (χ2n) is 4.20. The van der Waals surface area contributed by atoms with Gasteiger partial charge in [0.2, 0.25) is 0 Å². The Morgan fingerprint density at radius 1 is 1.32 bits per heavy atom. The van der Waals surface area contributed by atoms with Crippen LogP contribution in [0.25, 0.3) is 0 Å². The van der Waals surface area contributed by atoms with Gasteiger partial charge < -0.3 is 10.5 Å². The van der Waals surface area contributed by atoms with Crippen molar-refractivity contribution in [2.45, 2.75) is 13.0 Å². The Labute approximate surface area is 109 Å². The monoisotopic (exact) mass is 267 g/mol. The highest BCUT2D eigenvalue weighted by Gasteiger charge is 2.13. The molecule has 0 unspecified atom stereocenters. The molecule has 1 aromatic carbocycles. The van der Waals surface area contributed by atoms with Gasteiger partial charge in [-0.05, 0) is 36.7 Å². The highest BCUT2D eigenvalue weighted by molar-refractivity contribution is 5.31. The summed E-state index contributed by atoms with van der Waals surface area (Å²) in [5.74, 6) is -1.83. The first-order chi connectivity index (χ1) is 9.10. The SMILES string of the molecule is Cn1ccc(COc2c(F)cc(CCN)cc2F)n1. The van der Waals surface area contributed by atoms with E-state index in [1.807, 2.05) is 0 Å². The van der Waals surface area contributed by atoms with Crippen molar-refractivity contribution in [3.8, 4) is 5.75 Å². The molecule has 6 heteroatoms. The van der Waals surface area contributed by atoms with Crippen molar-refractivity contribution in [3.63, 3.8) is 0 Å². The molecule has 0 saturated heterocycles. The lowest BCUT2D eigenvalue weighted by molar-refractivity contribution is 0.269. The fraction of sp³-hybridized carbons (Fsp3) is 0.308. The fourth-order valence-corrected chi connectivity index (χ4v) is 1.75.